The number of alkyl halides is 1. The third-order valence-electron chi connectivity index (χ3n) is 6.29. The summed E-state index contributed by atoms with van der Waals surface area (Å²) in [6.45, 7) is 6.24. The minimum absolute atomic E-state index is 0.114. The highest BCUT2D eigenvalue weighted by Crippen LogP contribution is 2.34. The largest absolute Gasteiger partial charge is 0.598 e. The molecule has 41 heavy (non-hydrogen) atoms. The van der Waals surface area contributed by atoms with Crippen molar-refractivity contribution in [3.63, 3.8) is 0 Å². The predicted molar refractivity (Wildman–Crippen MR) is 158 cm³/mol. The molecule has 0 saturated heterocycles. The summed E-state index contributed by atoms with van der Waals surface area (Å²) in [5.74, 6) is -0.913. The molecule has 10 heteroatoms. The molecule has 0 fully saturated rings. The maximum atomic E-state index is 14.1. The fourth-order valence-corrected chi connectivity index (χ4v) is 5.11. The first-order valence-electron chi connectivity index (χ1n) is 13.0. The van der Waals surface area contributed by atoms with E-state index in [1.807, 2.05) is 57.2 Å². The lowest BCUT2D eigenvalue weighted by molar-refractivity contribution is -0.136. The fourth-order valence-electron chi connectivity index (χ4n) is 4.30. The van der Waals surface area contributed by atoms with Crippen LogP contribution in [0.15, 0.2) is 71.3 Å². The van der Waals surface area contributed by atoms with Gasteiger partial charge in [0, 0.05) is 46.6 Å². The van der Waals surface area contributed by atoms with E-state index < -0.39 is 34.8 Å². The van der Waals surface area contributed by atoms with Gasteiger partial charge in [0.2, 0.25) is 5.91 Å². The molecule has 0 aliphatic rings. The minimum atomic E-state index is -1.46. The molecule has 3 N–H and O–H groups in total. The van der Waals surface area contributed by atoms with Crippen molar-refractivity contribution in [1.29, 1.82) is 0 Å². The molecular formula is C31H33FN2O6S. The number of aliphatic carboxylic acids is 1. The van der Waals surface area contributed by atoms with Gasteiger partial charge in [0.1, 0.15) is 35.4 Å². The van der Waals surface area contributed by atoms with Gasteiger partial charge in [0.25, 0.3) is 0 Å². The maximum Gasteiger partial charge on any atom is 0.307 e. The van der Waals surface area contributed by atoms with E-state index in [4.69, 9.17) is 9.15 Å². The standard InChI is InChI=1S/C31H33FN2O6S/c1-19(35)33-25-9-8-23(15-29(36)37)28(16-25)40-18-20-12-24-10-11-39-30(24)26(13-20)21-6-5-7-22(14-21)27(17-32)34-41(38)31(2,3)4/h5-14,16,27,34H,15,17-18H2,1-4H3,(H,33,35)(H,36,37). The molecule has 0 saturated carbocycles. The van der Waals surface area contributed by atoms with Crippen molar-refractivity contribution in [2.45, 2.75) is 51.5 Å². The van der Waals surface area contributed by atoms with Crippen LogP contribution in [0.4, 0.5) is 10.1 Å². The molecule has 2 unspecified atom stereocenters. The smallest absolute Gasteiger partial charge is 0.307 e. The number of carbonyl (C=O) groups is 2. The lowest BCUT2D eigenvalue weighted by atomic mass is 9.97. The molecule has 4 aromatic rings. The second kappa shape index (κ2) is 12.8. The normalized spacial score (nSPS) is 13.1. The molecule has 0 radical (unpaired) electrons. The summed E-state index contributed by atoms with van der Waals surface area (Å²) in [4.78, 5) is 22.9. The quantitative estimate of drug-likeness (QED) is 0.177. The summed E-state index contributed by atoms with van der Waals surface area (Å²) >= 11 is -1.46. The number of rotatable bonds is 11. The highest BCUT2D eigenvalue weighted by atomic mass is 32.2. The van der Waals surface area contributed by atoms with E-state index in [-0.39, 0.29) is 18.9 Å². The van der Waals surface area contributed by atoms with Gasteiger partial charge in [0.05, 0.1) is 12.7 Å². The van der Waals surface area contributed by atoms with Crippen LogP contribution in [0.25, 0.3) is 22.1 Å². The number of nitrogens with one attached hydrogen (secondary N) is 2. The number of ether oxygens (including phenoxy) is 1. The van der Waals surface area contributed by atoms with Crippen molar-refractivity contribution >= 4 is 39.9 Å². The lowest BCUT2D eigenvalue weighted by Gasteiger charge is -2.27. The molecule has 1 amide bonds. The Kier molecular flexibility index (Phi) is 9.37. The molecule has 0 spiro atoms. The van der Waals surface area contributed by atoms with E-state index in [9.17, 15) is 23.6 Å². The predicted octanol–water partition coefficient (Wildman–Crippen LogP) is 6.33. The Morgan fingerprint density at radius 3 is 2.59 bits per heavy atom. The fraction of sp³-hybridized carbons (Fsp3) is 0.290. The summed E-state index contributed by atoms with van der Waals surface area (Å²) in [6, 6.07) is 17.1. The van der Waals surface area contributed by atoms with Gasteiger partial charge >= 0.3 is 5.97 Å². The van der Waals surface area contributed by atoms with Crippen molar-refractivity contribution in [3.8, 4) is 16.9 Å². The molecule has 0 aliphatic heterocycles. The average Bonchev–Trinajstić information content (AvgIpc) is 3.39. The van der Waals surface area contributed by atoms with Crippen LogP contribution in [-0.2, 0) is 34.0 Å². The van der Waals surface area contributed by atoms with Gasteiger partial charge in [0.15, 0.2) is 0 Å². The average molecular weight is 581 g/mol. The van der Waals surface area contributed by atoms with Crippen LogP contribution in [0, 0.1) is 0 Å². The Balaban J connectivity index is 1.65. The highest BCUT2D eigenvalue weighted by Gasteiger charge is 2.30. The van der Waals surface area contributed by atoms with Gasteiger partial charge in [-0.3, -0.25) is 9.59 Å². The molecule has 216 valence electrons. The zero-order chi connectivity index (χ0) is 29.7. The lowest BCUT2D eigenvalue weighted by Crippen LogP contribution is -2.41. The SMILES string of the molecule is CC(=O)Nc1ccc(CC(=O)O)c(OCc2cc(-c3cccc(C(CF)N[S+]([O-])C(C)(C)C)c3)c3occc3c2)c1. The first kappa shape index (κ1) is 30.1. The molecule has 3 aromatic carbocycles. The second-order valence-electron chi connectivity index (χ2n) is 10.7. The number of benzene rings is 3. The van der Waals surface area contributed by atoms with Crippen molar-refractivity contribution in [2.24, 2.45) is 0 Å². The Labute approximate surface area is 241 Å². The number of hydrogen-bond acceptors (Lipinski definition) is 6. The van der Waals surface area contributed by atoms with E-state index in [1.165, 1.54) is 6.92 Å². The van der Waals surface area contributed by atoms with Gasteiger partial charge in [-0.1, -0.05) is 24.3 Å². The Hall–Kier alpha value is -3.86. The van der Waals surface area contributed by atoms with Crippen LogP contribution < -0.4 is 14.8 Å². The van der Waals surface area contributed by atoms with E-state index in [0.29, 0.717) is 28.1 Å². The Morgan fingerprint density at radius 1 is 1.12 bits per heavy atom. The zero-order valence-corrected chi connectivity index (χ0v) is 24.1. The topological polar surface area (TPSA) is 124 Å². The molecule has 1 heterocycles. The number of carbonyl (C=O) groups excluding carboxylic acids is 1. The third-order valence-corrected chi connectivity index (χ3v) is 7.91. The number of furan rings is 1. The minimum Gasteiger partial charge on any atom is -0.598 e. The third kappa shape index (κ3) is 7.66. The number of fused-ring (bicyclic) bond motifs is 1. The summed E-state index contributed by atoms with van der Waals surface area (Å²) in [5, 5.41) is 12.9. The maximum absolute atomic E-state index is 14.1. The molecule has 4 rings (SSSR count). The van der Waals surface area contributed by atoms with Crippen LogP contribution in [0.1, 0.15) is 50.4 Å². The van der Waals surface area contributed by atoms with Gasteiger partial charge in [-0.25, -0.2) is 4.39 Å². The van der Waals surface area contributed by atoms with E-state index >= 15 is 0 Å². The molecule has 8 nitrogen and oxygen atoms in total. The molecule has 1 aromatic heterocycles. The Bertz CT molecular complexity index is 1550. The number of hydrogen-bond donors (Lipinski definition) is 3. The van der Waals surface area contributed by atoms with Crippen molar-refractivity contribution in [3.05, 3.63) is 83.6 Å². The van der Waals surface area contributed by atoms with Crippen LogP contribution in [-0.4, -0.2) is 33.0 Å². The summed E-state index contributed by atoms with van der Waals surface area (Å²) in [7, 11) is 0. The first-order valence-corrected chi connectivity index (χ1v) is 14.2. The van der Waals surface area contributed by atoms with E-state index in [2.05, 4.69) is 10.0 Å². The second-order valence-corrected chi connectivity index (χ2v) is 12.7. The molecule has 0 bridgehead atoms. The summed E-state index contributed by atoms with van der Waals surface area (Å²) in [5.41, 5.74) is 4.60. The van der Waals surface area contributed by atoms with Crippen LogP contribution in [0.5, 0.6) is 5.75 Å². The first-order chi connectivity index (χ1) is 19.4. The van der Waals surface area contributed by atoms with Crippen molar-refractivity contribution < 1.29 is 32.8 Å². The number of halogens is 1. The van der Waals surface area contributed by atoms with Gasteiger partial charge in [-0.05, 0) is 67.8 Å². The number of amides is 1. The van der Waals surface area contributed by atoms with E-state index in [0.717, 1.165) is 22.1 Å². The number of carboxylic acid groups (broad SMARTS) is 1. The Morgan fingerprint density at radius 2 is 1.90 bits per heavy atom. The monoisotopic (exact) mass is 580 g/mol. The molecule has 0 aliphatic carbocycles. The van der Waals surface area contributed by atoms with Crippen molar-refractivity contribution in [1.82, 2.24) is 4.72 Å². The van der Waals surface area contributed by atoms with Gasteiger partial charge in [-0.2, -0.15) is 0 Å². The molecule has 2 atom stereocenters. The summed E-state index contributed by atoms with van der Waals surface area (Å²) in [6.07, 6.45) is 1.35. The van der Waals surface area contributed by atoms with Gasteiger partial charge < -0.3 is 24.1 Å². The van der Waals surface area contributed by atoms with Crippen LogP contribution in [0.3, 0.4) is 0 Å². The van der Waals surface area contributed by atoms with Crippen LogP contribution >= 0.6 is 0 Å². The van der Waals surface area contributed by atoms with Crippen molar-refractivity contribution in [2.75, 3.05) is 12.0 Å². The van der Waals surface area contributed by atoms with Gasteiger partial charge in [-0.15, -0.1) is 4.72 Å². The highest BCUT2D eigenvalue weighted by molar-refractivity contribution is 7.90. The number of anilines is 1. The van der Waals surface area contributed by atoms with E-state index in [1.54, 1.807) is 30.5 Å². The summed E-state index contributed by atoms with van der Waals surface area (Å²) < 4.78 is 40.9. The van der Waals surface area contributed by atoms with Crippen LogP contribution in [0.2, 0.25) is 0 Å². The number of carboxylic acids is 1. The molecular weight excluding hydrogens is 547 g/mol. The zero-order valence-electron chi connectivity index (χ0n) is 23.3.